The normalized spacial score (nSPS) is 12.0. The Bertz CT molecular complexity index is 1010. The highest BCUT2D eigenvalue weighted by Crippen LogP contribution is 2.32. The van der Waals surface area contributed by atoms with E-state index in [0.717, 1.165) is 35.6 Å². The van der Waals surface area contributed by atoms with Gasteiger partial charge in [0.05, 0.1) is 6.54 Å². The summed E-state index contributed by atoms with van der Waals surface area (Å²) in [6, 6.07) is 7.69. The van der Waals surface area contributed by atoms with Crippen LogP contribution in [-0.2, 0) is 17.6 Å². The number of nitrogens with one attached hydrogen (secondary N) is 2. The molecule has 1 aliphatic heterocycles. The zero-order valence-electron chi connectivity index (χ0n) is 16.8. The van der Waals surface area contributed by atoms with E-state index in [1.165, 1.54) is 0 Å². The summed E-state index contributed by atoms with van der Waals surface area (Å²) in [5.74, 6) is 2.55. The van der Waals surface area contributed by atoms with Gasteiger partial charge >= 0.3 is 0 Å². The number of aryl methyl sites for hydroxylation is 1. The van der Waals surface area contributed by atoms with E-state index >= 15 is 0 Å². The van der Waals surface area contributed by atoms with Crippen molar-refractivity contribution in [2.24, 2.45) is 0 Å². The van der Waals surface area contributed by atoms with Gasteiger partial charge in [0, 0.05) is 30.7 Å². The molecule has 2 N–H and O–H groups in total. The van der Waals surface area contributed by atoms with E-state index in [0.29, 0.717) is 24.7 Å². The first-order valence-corrected chi connectivity index (χ1v) is 9.96. The van der Waals surface area contributed by atoms with Crippen molar-refractivity contribution >= 4 is 11.7 Å². The summed E-state index contributed by atoms with van der Waals surface area (Å²) < 4.78 is 12.4. The molecule has 2 aromatic heterocycles. The smallest absolute Gasteiger partial charge is 0.239 e. The highest BCUT2D eigenvalue weighted by molar-refractivity contribution is 5.80. The molecule has 0 unspecified atom stereocenters. The third-order valence-corrected chi connectivity index (χ3v) is 4.61. The molecule has 1 aromatic carbocycles. The van der Waals surface area contributed by atoms with Gasteiger partial charge in [-0.3, -0.25) is 9.36 Å². The Morgan fingerprint density at radius 1 is 1.17 bits per heavy atom. The summed E-state index contributed by atoms with van der Waals surface area (Å²) >= 11 is 0. The topological polar surface area (TPSA) is 103 Å². The molecule has 9 nitrogen and oxygen atoms in total. The van der Waals surface area contributed by atoms with E-state index in [-0.39, 0.29) is 19.2 Å². The Labute approximate surface area is 174 Å². The molecule has 0 spiro atoms. The van der Waals surface area contributed by atoms with Gasteiger partial charge in [-0.05, 0) is 30.5 Å². The van der Waals surface area contributed by atoms with Crippen molar-refractivity contribution in [1.29, 1.82) is 0 Å². The van der Waals surface area contributed by atoms with Crippen molar-refractivity contribution in [2.45, 2.75) is 26.2 Å². The van der Waals surface area contributed by atoms with Crippen molar-refractivity contribution in [3.8, 4) is 17.4 Å². The molecule has 4 rings (SSSR count). The van der Waals surface area contributed by atoms with Gasteiger partial charge in [0.25, 0.3) is 0 Å². The minimum atomic E-state index is -0.101. The quantitative estimate of drug-likeness (QED) is 0.559. The maximum atomic E-state index is 12.2. The number of ether oxygens (including phenoxy) is 2. The maximum Gasteiger partial charge on any atom is 0.239 e. The summed E-state index contributed by atoms with van der Waals surface area (Å²) in [6.07, 6.45) is 7.63. The molecule has 0 atom stereocenters. The lowest BCUT2D eigenvalue weighted by atomic mass is 10.1. The van der Waals surface area contributed by atoms with Gasteiger partial charge in [-0.2, -0.15) is 4.98 Å². The number of hydrogen-bond donors (Lipinski definition) is 2. The van der Waals surface area contributed by atoms with Gasteiger partial charge in [-0.1, -0.05) is 19.4 Å². The molecule has 0 bridgehead atoms. The minimum absolute atomic E-state index is 0.101. The van der Waals surface area contributed by atoms with Crippen LogP contribution in [0.15, 0.2) is 43.0 Å². The zero-order valence-corrected chi connectivity index (χ0v) is 16.8. The summed E-state index contributed by atoms with van der Waals surface area (Å²) in [4.78, 5) is 25.3. The number of nitrogens with zero attached hydrogens (tertiary/aromatic N) is 4. The van der Waals surface area contributed by atoms with Crippen molar-refractivity contribution in [3.05, 3.63) is 54.2 Å². The van der Waals surface area contributed by atoms with Crippen molar-refractivity contribution < 1.29 is 14.3 Å². The fraction of sp³-hybridized carbons (Fsp3) is 0.333. The highest BCUT2D eigenvalue weighted by atomic mass is 16.7. The highest BCUT2D eigenvalue weighted by Gasteiger charge is 2.13. The first kappa shape index (κ1) is 19.7. The molecule has 1 aliphatic rings. The minimum Gasteiger partial charge on any atom is -0.454 e. The summed E-state index contributed by atoms with van der Waals surface area (Å²) in [7, 11) is 0. The second kappa shape index (κ2) is 9.25. The predicted octanol–water partition coefficient (Wildman–Crippen LogP) is 2.11. The van der Waals surface area contributed by atoms with E-state index in [9.17, 15) is 4.79 Å². The largest absolute Gasteiger partial charge is 0.454 e. The number of anilines is 1. The van der Waals surface area contributed by atoms with Gasteiger partial charge in [0.2, 0.25) is 18.6 Å². The third kappa shape index (κ3) is 4.86. The van der Waals surface area contributed by atoms with E-state index in [1.807, 2.05) is 24.3 Å². The molecule has 0 saturated carbocycles. The number of amides is 1. The van der Waals surface area contributed by atoms with Crippen LogP contribution in [0.5, 0.6) is 11.5 Å². The van der Waals surface area contributed by atoms with E-state index < -0.39 is 0 Å². The zero-order chi connectivity index (χ0) is 20.8. The second-order valence-electron chi connectivity index (χ2n) is 6.91. The molecular weight excluding hydrogens is 384 g/mol. The van der Waals surface area contributed by atoms with Gasteiger partial charge < -0.3 is 20.1 Å². The summed E-state index contributed by atoms with van der Waals surface area (Å²) in [6.45, 7) is 3.02. The molecular formula is C21H24N6O3. The van der Waals surface area contributed by atoms with E-state index in [4.69, 9.17) is 9.47 Å². The lowest BCUT2D eigenvalue weighted by Gasteiger charge is -2.10. The van der Waals surface area contributed by atoms with Crippen LogP contribution in [0.1, 0.15) is 24.6 Å². The predicted molar refractivity (Wildman–Crippen MR) is 111 cm³/mol. The molecule has 0 aliphatic carbocycles. The lowest BCUT2D eigenvalue weighted by Crippen LogP contribution is -2.31. The molecule has 0 fully saturated rings. The van der Waals surface area contributed by atoms with Crippen molar-refractivity contribution in [1.82, 2.24) is 24.8 Å². The summed E-state index contributed by atoms with van der Waals surface area (Å²) in [5.41, 5.74) is 2.00. The summed E-state index contributed by atoms with van der Waals surface area (Å²) in [5, 5.41) is 6.01. The monoisotopic (exact) mass is 408 g/mol. The number of imidazole rings is 1. The van der Waals surface area contributed by atoms with E-state index in [2.05, 4.69) is 32.5 Å². The van der Waals surface area contributed by atoms with Gasteiger partial charge in [-0.25, -0.2) is 9.97 Å². The molecule has 30 heavy (non-hydrogen) atoms. The van der Waals surface area contributed by atoms with Crippen LogP contribution in [0.25, 0.3) is 5.95 Å². The fourth-order valence-corrected chi connectivity index (χ4v) is 3.13. The number of hydrogen-bond acceptors (Lipinski definition) is 7. The molecule has 9 heteroatoms. The number of aromatic nitrogens is 4. The molecule has 0 radical (unpaired) electrons. The third-order valence-electron chi connectivity index (χ3n) is 4.61. The number of fused-ring (bicyclic) bond motifs is 1. The number of carbonyl (C=O) groups is 1. The van der Waals surface area contributed by atoms with Crippen LogP contribution in [0, 0.1) is 0 Å². The SMILES string of the molecule is CCCc1cc(NCC(=O)NCCc2ccc3c(c2)OCO3)nc(-n2ccnc2)n1. The molecule has 3 heterocycles. The Morgan fingerprint density at radius 2 is 2.07 bits per heavy atom. The average Bonchev–Trinajstić information content (AvgIpc) is 3.44. The molecule has 3 aromatic rings. The van der Waals surface area contributed by atoms with Crippen LogP contribution in [0.2, 0.25) is 0 Å². The van der Waals surface area contributed by atoms with E-state index in [1.54, 1.807) is 23.3 Å². The van der Waals surface area contributed by atoms with Crippen LogP contribution in [0.4, 0.5) is 5.82 Å². The Balaban J connectivity index is 1.30. The van der Waals surface area contributed by atoms with Crippen molar-refractivity contribution in [3.63, 3.8) is 0 Å². The fourth-order valence-electron chi connectivity index (χ4n) is 3.13. The first-order chi connectivity index (χ1) is 14.7. The van der Waals surface area contributed by atoms with Crippen LogP contribution in [-0.4, -0.2) is 45.3 Å². The average molecular weight is 408 g/mol. The number of rotatable bonds is 9. The van der Waals surface area contributed by atoms with Crippen LogP contribution >= 0.6 is 0 Å². The maximum absolute atomic E-state index is 12.2. The van der Waals surface area contributed by atoms with Crippen molar-refractivity contribution in [2.75, 3.05) is 25.2 Å². The molecule has 156 valence electrons. The van der Waals surface area contributed by atoms with Crippen LogP contribution < -0.4 is 20.1 Å². The standard InChI is InChI=1S/C21H24N6O3/c1-2-3-16-11-19(26-21(25-16)27-9-8-22-13-27)24-12-20(28)23-7-6-15-4-5-17-18(10-15)30-14-29-17/h4-5,8-11,13H,2-3,6-7,12,14H2,1H3,(H,23,28)(H,24,25,26). The van der Waals surface area contributed by atoms with Gasteiger partial charge in [0.1, 0.15) is 12.1 Å². The first-order valence-electron chi connectivity index (χ1n) is 9.96. The Morgan fingerprint density at radius 3 is 2.90 bits per heavy atom. The number of benzene rings is 1. The molecule has 0 saturated heterocycles. The Kier molecular flexibility index (Phi) is 6.07. The van der Waals surface area contributed by atoms with Crippen LogP contribution in [0.3, 0.4) is 0 Å². The van der Waals surface area contributed by atoms with Gasteiger partial charge in [0.15, 0.2) is 11.5 Å². The lowest BCUT2D eigenvalue weighted by molar-refractivity contribution is -0.119. The molecule has 1 amide bonds. The Hall–Kier alpha value is -3.62. The second-order valence-corrected chi connectivity index (χ2v) is 6.91. The van der Waals surface area contributed by atoms with Gasteiger partial charge in [-0.15, -0.1) is 0 Å². The number of carbonyl (C=O) groups excluding carboxylic acids is 1.